The van der Waals surface area contributed by atoms with Crippen LogP contribution in [0, 0.1) is 0 Å². The van der Waals surface area contributed by atoms with Gasteiger partial charge < -0.3 is 14.9 Å². The molecule has 1 aromatic carbocycles. The van der Waals surface area contributed by atoms with Gasteiger partial charge in [-0.3, -0.25) is 4.79 Å². The van der Waals surface area contributed by atoms with Crippen LogP contribution in [-0.4, -0.2) is 23.3 Å². The lowest BCUT2D eigenvalue weighted by Gasteiger charge is -2.05. The Morgan fingerprint density at radius 2 is 2.07 bits per heavy atom. The molecule has 0 aliphatic heterocycles. The molecule has 0 aliphatic rings. The molecule has 0 unspecified atom stereocenters. The van der Waals surface area contributed by atoms with E-state index in [0.29, 0.717) is 10.0 Å². The van der Waals surface area contributed by atoms with Crippen LogP contribution in [-0.2, 0) is 16.0 Å². The van der Waals surface area contributed by atoms with Crippen molar-refractivity contribution >= 4 is 21.9 Å². The zero-order valence-electron chi connectivity index (χ0n) is 7.45. The first kappa shape index (κ1) is 10.8. The average molecular weight is 261 g/mol. The first-order valence-corrected chi connectivity index (χ1v) is 4.61. The SMILES string of the molecule is COC(=O)Cc1cc(O)c(Br)cc1O. The van der Waals surface area contributed by atoms with E-state index in [-0.39, 0.29) is 17.9 Å². The van der Waals surface area contributed by atoms with Gasteiger partial charge in [-0.25, -0.2) is 0 Å². The molecule has 1 rings (SSSR count). The number of carbonyl (C=O) groups is 1. The molecule has 0 saturated heterocycles. The summed E-state index contributed by atoms with van der Waals surface area (Å²) in [6, 6.07) is 2.64. The topological polar surface area (TPSA) is 66.8 Å². The molecule has 0 spiro atoms. The van der Waals surface area contributed by atoms with Crippen molar-refractivity contribution in [3.8, 4) is 11.5 Å². The highest BCUT2D eigenvalue weighted by Gasteiger charge is 2.10. The summed E-state index contributed by atoms with van der Waals surface area (Å²) in [4.78, 5) is 10.9. The van der Waals surface area contributed by atoms with Crippen LogP contribution in [0.4, 0.5) is 0 Å². The molecule has 0 aliphatic carbocycles. The Morgan fingerprint density at radius 3 is 2.64 bits per heavy atom. The molecular weight excluding hydrogens is 252 g/mol. The van der Waals surface area contributed by atoms with Crippen molar-refractivity contribution in [2.24, 2.45) is 0 Å². The van der Waals surface area contributed by atoms with Gasteiger partial charge in [-0.2, -0.15) is 0 Å². The lowest BCUT2D eigenvalue weighted by molar-refractivity contribution is -0.139. The highest BCUT2D eigenvalue weighted by atomic mass is 79.9. The Hall–Kier alpha value is -1.23. The van der Waals surface area contributed by atoms with Crippen LogP contribution < -0.4 is 0 Å². The fourth-order valence-electron chi connectivity index (χ4n) is 0.964. The minimum Gasteiger partial charge on any atom is -0.508 e. The second kappa shape index (κ2) is 4.32. The van der Waals surface area contributed by atoms with Crippen LogP contribution in [0.2, 0.25) is 0 Å². The minimum absolute atomic E-state index is 0.0262. The number of aromatic hydroxyl groups is 2. The van der Waals surface area contributed by atoms with Gasteiger partial charge in [0.1, 0.15) is 11.5 Å². The number of benzene rings is 1. The smallest absolute Gasteiger partial charge is 0.310 e. The van der Waals surface area contributed by atoms with E-state index in [1.807, 2.05) is 0 Å². The summed E-state index contributed by atoms with van der Waals surface area (Å²) in [6.07, 6.45) is -0.0663. The largest absolute Gasteiger partial charge is 0.508 e. The van der Waals surface area contributed by atoms with Crippen LogP contribution in [0.15, 0.2) is 16.6 Å². The molecule has 0 saturated carbocycles. The van der Waals surface area contributed by atoms with Gasteiger partial charge in [0.25, 0.3) is 0 Å². The summed E-state index contributed by atoms with van der Waals surface area (Å²) in [5.74, 6) is -0.552. The normalized spacial score (nSPS) is 9.86. The van der Waals surface area contributed by atoms with Gasteiger partial charge in [0.05, 0.1) is 18.0 Å². The Morgan fingerprint density at radius 1 is 1.43 bits per heavy atom. The highest BCUT2D eigenvalue weighted by Crippen LogP contribution is 2.31. The maximum absolute atomic E-state index is 10.9. The maximum Gasteiger partial charge on any atom is 0.310 e. The zero-order chi connectivity index (χ0) is 10.7. The van der Waals surface area contributed by atoms with Crippen LogP contribution in [0.25, 0.3) is 0 Å². The van der Waals surface area contributed by atoms with Gasteiger partial charge in [0.15, 0.2) is 0 Å². The van der Waals surface area contributed by atoms with Crippen LogP contribution in [0.1, 0.15) is 5.56 Å². The van der Waals surface area contributed by atoms with Crippen molar-refractivity contribution in [1.29, 1.82) is 0 Å². The number of hydrogen-bond donors (Lipinski definition) is 2. The molecule has 14 heavy (non-hydrogen) atoms. The quantitative estimate of drug-likeness (QED) is 0.626. The number of methoxy groups -OCH3 is 1. The van der Waals surface area contributed by atoms with Crippen molar-refractivity contribution in [2.45, 2.75) is 6.42 Å². The Balaban J connectivity index is 2.98. The van der Waals surface area contributed by atoms with Crippen molar-refractivity contribution in [2.75, 3.05) is 7.11 Å². The third kappa shape index (κ3) is 2.38. The molecule has 0 aromatic heterocycles. The third-order valence-electron chi connectivity index (χ3n) is 1.71. The molecule has 2 N–H and O–H groups in total. The Kier molecular flexibility index (Phi) is 3.35. The van der Waals surface area contributed by atoms with Gasteiger partial charge in [-0.1, -0.05) is 0 Å². The molecule has 0 bridgehead atoms. The second-order valence-electron chi connectivity index (χ2n) is 2.69. The standard InChI is InChI=1S/C9H9BrO4/c1-14-9(13)3-5-2-8(12)6(10)4-7(5)11/h2,4,11-12H,3H2,1H3. The molecule has 76 valence electrons. The fraction of sp³-hybridized carbons (Fsp3) is 0.222. The zero-order valence-corrected chi connectivity index (χ0v) is 9.04. The van der Waals surface area contributed by atoms with Gasteiger partial charge in [-0.05, 0) is 28.1 Å². The van der Waals surface area contributed by atoms with Crippen LogP contribution >= 0.6 is 15.9 Å². The minimum atomic E-state index is -0.470. The van der Waals surface area contributed by atoms with E-state index in [1.54, 1.807) is 0 Å². The number of esters is 1. The molecule has 4 nitrogen and oxygen atoms in total. The van der Waals surface area contributed by atoms with Crippen molar-refractivity contribution < 1.29 is 19.7 Å². The van der Waals surface area contributed by atoms with E-state index in [1.165, 1.54) is 19.2 Å². The van der Waals surface area contributed by atoms with Gasteiger partial charge >= 0.3 is 5.97 Å². The molecule has 0 fully saturated rings. The number of phenolic OH excluding ortho intramolecular Hbond substituents is 2. The van der Waals surface area contributed by atoms with Crippen LogP contribution in [0.5, 0.6) is 11.5 Å². The molecular formula is C9H9BrO4. The lowest BCUT2D eigenvalue weighted by atomic mass is 10.1. The van der Waals surface area contributed by atoms with Crippen molar-refractivity contribution in [3.05, 3.63) is 22.2 Å². The first-order chi connectivity index (χ1) is 6.54. The maximum atomic E-state index is 10.9. The summed E-state index contributed by atoms with van der Waals surface area (Å²) in [5, 5.41) is 18.7. The van der Waals surface area contributed by atoms with E-state index >= 15 is 0 Å². The van der Waals surface area contributed by atoms with Gasteiger partial charge in [-0.15, -0.1) is 0 Å². The summed E-state index contributed by atoms with van der Waals surface area (Å²) in [7, 11) is 1.26. The molecule has 0 heterocycles. The number of phenols is 2. The summed E-state index contributed by atoms with van der Waals surface area (Å²) < 4.78 is 4.81. The summed E-state index contributed by atoms with van der Waals surface area (Å²) in [5.41, 5.74) is 0.331. The van der Waals surface area contributed by atoms with Crippen LogP contribution in [0.3, 0.4) is 0 Å². The molecule has 5 heteroatoms. The fourth-order valence-corrected chi connectivity index (χ4v) is 1.30. The summed E-state index contributed by atoms with van der Waals surface area (Å²) >= 11 is 3.04. The summed E-state index contributed by atoms with van der Waals surface area (Å²) in [6.45, 7) is 0. The van der Waals surface area contributed by atoms with Gasteiger partial charge in [0, 0.05) is 5.56 Å². The predicted octanol–water partition coefficient (Wildman–Crippen LogP) is 1.58. The third-order valence-corrected chi connectivity index (χ3v) is 2.35. The van der Waals surface area contributed by atoms with Crippen molar-refractivity contribution in [1.82, 2.24) is 0 Å². The Labute approximate surface area is 89.3 Å². The number of carbonyl (C=O) groups excluding carboxylic acids is 1. The van der Waals surface area contributed by atoms with E-state index < -0.39 is 5.97 Å². The number of halogens is 1. The molecule has 0 atom stereocenters. The van der Waals surface area contributed by atoms with E-state index in [0.717, 1.165) is 0 Å². The second-order valence-corrected chi connectivity index (χ2v) is 3.54. The number of rotatable bonds is 2. The van der Waals surface area contributed by atoms with Crippen molar-refractivity contribution in [3.63, 3.8) is 0 Å². The molecule has 1 aromatic rings. The van der Waals surface area contributed by atoms with E-state index in [2.05, 4.69) is 20.7 Å². The lowest BCUT2D eigenvalue weighted by Crippen LogP contribution is -2.04. The Bertz CT molecular complexity index is 362. The molecule has 0 amide bonds. The van der Waals surface area contributed by atoms with E-state index in [9.17, 15) is 15.0 Å². The molecule has 0 radical (unpaired) electrons. The monoisotopic (exact) mass is 260 g/mol. The number of ether oxygens (including phenoxy) is 1. The highest BCUT2D eigenvalue weighted by molar-refractivity contribution is 9.10. The number of hydrogen-bond acceptors (Lipinski definition) is 4. The average Bonchev–Trinajstić information content (AvgIpc) is 2.14. The first-order valence-electron chi connectivity index (χ1n) is 3.81. The van der Waals surface area contributed by atoms with E-state index in [4.69, 9.17) is 0 Å². The predicted molar refractivity (Wildman–Crippen MR) is 53.2 cm³/mol. The van der Waals surface area contributed by atoms with Gasteiger partial charge in [0.2, 0.25) is 0 Å².